The molecule has 1 aliphatic rings. The molecule has 0 saturated heterocycles. The Morgan fingerprint density at radius 1 is 1.17 bits per heavy atom. The molecule has 2 aromatic carbocycles. The largest absolute Gasteiger partial charge is 0.480 e. The van der Waals surface area contributed by atoms with Crippen molar-refractivity contribution in [1.82, 2.24) is 9.88 Å². The van der Waals surface area contributed by atoms with Gasteiger partial charge in [0.2, 0.25) is 5.91 Å². The molecule has 1 aromatic heterocycles. The number of fused-ring (bicyclic) bond motifs is 3. The second kappa shape index (κ2) is 9.71. The van der Waals surface area contributed by atoms with Crippen molar-refractivity contribution in [2.24, 2.45) is 0 Å². The number of carboxylic acid groups (broad SMARTS) is 1. The molecule has 1 aliphatic carbocycles. The number of benzene rings is 2. The number of amides is 1. The Morgan fingerprint density at radius 3 is 2.51 bits per heavy atom. The molecule has 186 valence electrons. The van der Waals surface area contributed by atoms with Gasteiger partial charge in [0.15, 0.2) is 0 Å². The fourth-order valence-electron chi connectivity index (χ4n) is 4.93. The first-order valence-corrected chi connectivity index (χ1v) is 11.6. The number of alkyl halides is 3. The number of aromatic nitrogens is 1. The van der Waals surface area contributed by atoms with Crippen molar-refractivity contribution in [1.29, 1.82) is 0 Å². The van der Waals surface area contributed by atoms with Gasteiger partial charge in [-0.1, -0.05) is 19.1 Å². The maximum atomic E-state index is 14.1. The second-order valence-electron chi connectivity index (χ2n) is 8.92. The van der Waals surface area contributed by atoms with Crippen LogP contribution in [0.1, 0.15) is 54.6 Å². The molecule has 0 saturated carbocycles. The maximum absolute atomic E-state index is 14.1. The van der Waals surface area contributed by atoms with E-state index in [0.717, 1.165) is 23.4 Å². The summed E-state index contributed by atoms with van der Waals surface area (Å²) >= 11 is 0. The highest BCUT2D eigenvalue weighted by Gasteiger charge is 2.31. The Morgan fingerprint density at radius 2 is 1.89 bits per heavy atom. The Kier molecular flexibility index (Phi) is 6.87. The van der Waals surface area contributed by atoms with Crippen molar-refractivity contribution < 1.29 is 32.3 Å². The number of halogens is 4. The van der Waals surface area contributed by atoms with Crippen LogP contribution in [0.2, 0.25) is 0 Å². The normalized spacial score (nSPS) is 16.7. The molecule has 4 rings (SSSR count). The van der Waals surface area contributed by atoms with Gasteiger partial charge in [0, 0.05) is 29.1 Å². The average Bonchev–Trinajstić information content (AvgIpc) is 3.10. The van der Waals surface area contributed by atoms with Crippen LogP contribution in [0, 0.1) is 5.82 Å². The van der Waals surface area contributed by atoms with Crippen LogP contribution in [-0.4, -0.2) is 27.6 Å². The van der Waals surface area contributed by atoms with Gasteiger partial charge in [0.1, 0.15) is 11.9 Å². The zero-order valence-corrected chi connectivity index (χ0v) is 19.2. The standard InChI is InChI=1S/C26H26F4N2O3/c1-2-21(25(34)35)32-22-10-8-17(27)13-19(22)20-14-18(9-11-23(20)32)31-24(33)12-5-15-3-6-16(7-4-15)26(28,29)30/h3-4,6-8,10,13,18,21H,2,5,9,11-12,14H2,1H3,(H,31,33)(H,34,35)/t18-,21?/m0/s1. The molecule has 1 unspecified atom stereocenters. The van der Waals surface area contributed by atoms with Crippen LogP contribution in [0.15, 0.2) is 42.5 Å². The van der Waals surface area contributed by atoms with E-state index < -0.39 is 29.6 Å². The number of aliphatic carboxylic acids is 1. The number of hydrogen-bond donors (Lipinski definition) is 2. The Bertz CT molecular complexity index is 1250. The van der Waals surface area contributed by atoms with E-state index in [9.17, 15) is 32.3 Å². The van der Waals surface area contributed by atoms with Crippen LogP contribution in [0.5, 0.6) is 0 Å². The fraction of sp³-hybridized carbons (Fsp3) is 0.385. The molecule has 9 heteroatoms. The number of aryl methyl sites for hydroxylation is 1. The number of nitrogens with one attached hydrogen (secondary N) is 1. The van der Waals surface area contributed by atoms with Gasteiger partial charge in [-0.15, -0.1) is 0 Å². The summed E-state index contributed by atoms with van der Waals surface area (Å²) in [7, 11) is 0. The molecule has 0 spiro atoms. The summed E-state index contributed by atoms with van der Waals surface area (Å²) in [6.07, 6.45) is -1.99. The minimum absolute atomic E-state index is 0.127. The van der Waals surface area contributed by atoms with E-state index in [0.29, 0.717) is 48.6 Å². The molecule has 3 aromatic rings. The first kappa shape index (κ1) is 24.8. The first-order valence-electron chi connectivity index (χ1n) is 11.6. The first-order chi connectivity index (χ1) is 16.6. The minimum atomic E-state index is -4.40. The van der Waals surface area contributed by atoms with E-state index in [1.54, 1.807) is 17.6 Å². The van der Waals surface area contributed by atoms with Gasteiger partial charge >= 0.3 is 12.1 Å². The monoisotopic (exact) mass is 490 g/mol. The van der Waals surface area contributed by atoms with Crippen molar-refractivity contribution in [3.8, 4) is 0 Å². The third-order valence-corrected chi connectivity index (χ3v) is 6.63. The minimum Gasteiger partial charge on any atom is -0.480 e. The van der Waals surface area contributed by atoms with Crippen LogP contribution >= 0.6 is 0 Å². The molecule has 35 heavy (non-hydrogen) atoms. The Hall–Kier alpha value is -3.36. The molecular weight excluding hydrogens is 464 g/mol. The van der Waals surface area contributed by atoms with Crippen molar-refractivity contribution >= 4 is 22.8 Å². The molecule has 2 atom stereocenters. The van der Waals surface area contributed by atoms with Gasteiger partial charge < -0.3 is 15.0 Å². The zero-order chi connectivity index (χ0) is 25.3. The summed E-state index contributed by atoms with van der Waals surface area (Å²) in [4.78, 5) is 24.4. The van der Waals surface area contributed by atoms with Gasteiger partial charge in [-0.2, -0.15) is 13.2 Å². The van der Waals surface area contributed by atoms with Crippen molar-refractivity contribution in [3.05, 3.63) is 70.7 Å². The van der Waals surface area contributed by atoms with Crippen molar-refractivity contribution in [3.63, 3.8) is 0 Å². The number of hydrogen-bond acceptors (Lipinski definition) is 2. The van der Waals surface area contributed by atoms with Gasteiger partial charge in [0.05, 0.1) is 5.56 Å². The number of carboxylic acids is 1. The summed E-state index contributed by atoms with van der Waals surface area (Å²) < 4.78 is 54.0. The van der Waals surface area contributed by atoms with Gasteiger partial charge in [-0.3, -0.25) is 4.79 Å². The fourth-order valence-corrected chi connectivity index (χ4v) is 4.93. The molecular formula is C26H26F4N2O3. The van der Waals surface area contributed by atoms with Crippen LogP contribution in [0.25, 0.3) is 10.9 Å². The van der Waals surface area contributed by atoms with Crippen LogP contribution in [-0.2, 0) is 35.0 Å². The van der Waals surface area contributed by atoms with Gasteiger partial charge in [-0.25, -0.2) is 9.18 Å². The Balaban J connectivity index is 1.47. The van der Waals surface area contributed by atoms with Gasteiger partial charge in [-0.05, 0) is 73.6 Å². The summed E-state index contributed by atoms with van der Waals surface area (Å²) in [6, 6.07) is 8.13. The van der Waals surface area contributed by atoms with Crippen molar-refractivity contribution in [2.45, 2.75) is 63.7 Å². The lowest BCUT2D eigenvalue weighted by Gasteiger charge is -2.26. The quantitative estimate of drug-likeness (QED) is 0.433. The topological polar surface area (TPSA) is 71.3 Å². The van der Waals surface area contributed by atoms with E-state index in [4.69, 9.17) is 0 Å². The number of nitrogens with zero attached hydrogens (tertiary/aromatic N) is 1. The van der Waals surface area contributed by atoms with Crippen molar-refractivity contribution in [2.75, 3.05) is 0 Å². The lowest BCUT2D eigenvalue weighted by Crippen LogP contribution is -2.39. The average molecular weight is 490 g/mol. The molecule has 0 fully saturated rings. The second-order valence-corrected chi connectivity index (χ2v) is 8.92. The highest BCUT2D eigenvalue weighted by atomic mass is 19.4. The van der Waals surface area contributed by atoms with E-state index in [-0.39, 0.29) is 18.4 Å². The smallest absolute Gasteiger partial charge is 0.416 e. The number of carbonyl (C=O) groups excluding carboxylic acids is 1. The maximum Gasteiger partial charge on any atom is 0.416 e. The molecule has 5 nitrogen and oxygen atoms in total. The van der Waals surface area contributed by atoms with Crippen LogP contribution in [0.4, 0.5) is 17.6 Å². The van der Waals surface area contributed by atoms with Crippen LogP contribution < -0.4 is 5.32 Å². The lowest BCUT2D eigenvalue weighted by atomic mass is 9.91. The highest BCUT2D eigenvalue weighted by molar-refractivity contribution is 5.88. The molecule has 0 radical (unpaired) electrons. The van der Waals surface area contributed by atoms with E-state index in [2.05, 4.69) is 5.32 Å². The van der Waals surface area contributed by atoms with Gasteiger partial charge in [0.25, 0.3) is 0 Å². The lowest BCUT2D eigenvalue weighted by molar-refractivity contribution is -0.141. The molecule has 0 aliphatic heterocycles. The molecule has 0 bridgehead atoms. The van der Waals surface area contributed by atoms with Crippen LogP contribution in [0.3, 0.4) is 0 Å². The highest BCUT2D eigenvalue weighted by Crippen LogP contribution is 2.36. The summed E-state index contributed by atoms with van der Waals surface area (Å²) in [5, 5.41) is 13.4. The summed E-state index contributed by atoms with van der Waals surface area (Å²) in [5.74, 6) is -1.58. The predicted molar refractivity (Wildman–Crippen MR) is 123 cm³/mol. The number of carbonyl (C=O) groups is 2. The molecule has 2 N–H and O–H groups in total. The number of rotatable bonds is 7. The SMILES string of the molecule is CCC(C(=O)O)n1c2c(c3cc(F)ccc31)C[C@@H](NC(=O)CCc1ccc(C(F)(F)F)cc1)CC2. The molecule has 1 heterocycles. The predicted octanol–water partition coefficient (Wildman–Crippen LogP) is 5.44. The molecule has 1 amide bonds. The third kappa shape index (κ3) is 5.18. The third-order valence-electron chi connectivity index (χ3n) is 6.63. The zero-order valence-electron chi connectivity index (χ0n) is 19.2. The van der Waals surface area contributed by atoms with E-state index >= 15 is 0 Å². The summed E-state index contributed by atoms with van der Waals surface area (Å²) in [6.45, 7) is 1.79. The summed E-state index contributed by atoms with van der Waals surface area (Å²) in [5.41, 5.74) is 2.28. The van der Waals surface area contributed by atoms with E-state index in [1.807, 2.05) is 0 Å². The van der Waals surface area contributed by atoms with E-state index in [1.165, 1.54) is 24.3 Å². The Labute approximate surface area is 199 Å².